The van der Waals surface area contributed by atoms with E-state index in [4.69, 9.17) is 4.74 Å². The molecule has 3 aromatic carbocycles. The number of nitrogens with zero attached hydrogens (tertiary/aromatic N) is 3. The molecule has 0 radical (unpaired) electrons. The fraction of sp³-hybridized carbons (Fsp3) is 0.269. The topological polar surface area (TPSA) is 56.2 Å². The fourth-order valence-electron chi connectivity index (χ4n) is 4.56. The Morgan fingerprint density at radius 2 is 1.50 bits per heavy atom. The lowest BCUT2D eigenvalue weighted by molar-refractivity contribution is -0.120. The average Bonchev–Trinajstić information content (AvgIpc) is 2.85. The zero-order valence-corrected chi connectivity index (χ0v) is 17.9. The van der Waals surface area contributed by atoms with Gasteiger partial charge in [-0.25, -0.2) is 0 Å². The van der Waals surface area contributed by atoms with E-state index in [0.717, 1.165) is 48.9 Å². The lowest BCUT2D eigenvalue weighted by Crippen LogP contribution is -2.51. The molecule has 164 valence electrons. The number of anilines is 2. The number of amides is 1. The number of para-hydroxylation sites is 4. The highest BCUT2D eigenvalue weighted by atomic mass is 16.5. The molecule has 32 heavy (non-hydrogen) atoms. The standard InChI is InChI=1S/C26H27N3O3/c30-24-12-6-4-10-21(24)28-16-14-27(15-17-28)18-26(31)29-22-11-5-7-13-25(22)32-19-23(29)20-8-2-1-3-9-20/h1-13,23,30H,14-19H2/t23-/m0/s1. The van der Waals surface area contributed by atoms with E-state index in [0.29, 0.717) is 18.9 Å². The van der Waals surface area contributed by atoms with Crippen molar-refractivity contribution in [3.63, 3.8) is 0 Å². The van der Waals surface area contributed by atoms with Gasteiger partial charge in [0.25, 0.3) is 0 Å². The average molecular weight is 430 g/mol. The van der Waals surface area contributed by atoms with Crippen LogP contribution >= 0.6 is 0 Å². The largest absolute Gasteiger partial charge is 0.506 e. The van der Waals surface area contributed by atoms with Gasteiger partial charge in [0.2, 0.25) is 5.91 Å². The first-order valence-electron chi connectivity index (χ1n) is 11.0. The van der Waals surface area contributed by atoms with Gasteiger partial charge in [0.15, 0.2) is 0 Å². The zero-order valence-electron chi connectivity index (χ0n) is 17.9. The highest BCUT2D eigenvalue weighted by Crippen LogP contribution is 2.39. The number of carbonyl (C=O) groups excluding carboxylic acids is 1. The van der Waals surface area contributed by atoms with Crippen LogP contribution < -0.4 is 14.5 Å². The van der Waals surface area contributed by atoms with Gasteiger partial charge in [0.05, 0.1) is 24.0 Å². The summed E-state index contributed by atoms with van der Waals surface area (Å²) in [6, 6.07) is 25.1. The number of rotatable bonds is 4. The Morgan fingerprint density at radius 3 is 2.25 bits per heavy atom. The van der Waals surface area contributed by atoms with Crippen molar-refractivity contribution in [1.29, 1.82) is 0 Å². The number of aromatic hydroxyl groups is 1. The molecule has 6 heteroatoms. The van der Waals surface area contributed by atoms with Crippen molar-refractivity contribution < 1.29 is 14.6 Å². The van der Waals surface area contributed by atoms with E-state index < -0.39 is 0 Å². The molecule has 0 aromatic heterocycles. The van der Waals surface area contributed by atoms with Gasteiger partial charge in [-0.3, -0.25) is 14.6 Å². The summed E-state index contributed by atoms with van der Waals surface area (Å²) < 4.78 is 6.00. The molecule has 2 aliphatic rings. The van der Waals surface area contributed by atoms with Crippen LogP contribution in [0.3, 0.4) is 0 Å². The van der Waals surface area contributed by atoms with Crippen molar-refractivity contribution in [2.24, 2.45) is 0 Å². The Balaban J connectivity index is 1.32. The maximum atomic E-state index is 13.6. The first kappa shape index (κ1) is 20.4. The fourth-order valence-corrected chi connectivity index (χ4v) is 4.56. The minimum Gasteiger partial charge on any atom is -0.506 e. The number of ether oxygens (including phenoxy) is 1. The monoisotopic (exact) mass is 429 g/mol. The van der Waals surface area contributed by atoms with Crippen LogP contribution in [-0.2, 0) is 4.79 Å². The van der Waals surface area contributed by atoms with Gasteiger partial charge in [0.1, 0.15) is 18.1 Å². The highest BCUT2D eigenvalue weighted by Gasteiger charge is 2.34. The second-order valence-corrected chi connectivity index (χ2v) is 8.22. The first-order chi connectivity index (χ1) is 15.7. The second kappa shape index (κ2) is 8.93. The van der Waals surface area contributed by atoms with Crippen LogP contribution in [0.2, 0.25) is 0 Å². The van der Waals surface area contributed by atoms with Crippen molar-refractivity contribution in [2.45, 2.75) is 6.04 Å². The first-order valence-corrected chi connectivity index (χ1v) is 11.0. The number of phenolic OH excluding ortho intramolecular Hbond substituents is 1. The predicted octanol–water partition coefficient (Wildman–Crippen LogP) is 3.68. The lowest BCUT2D eigenvalue weighted by Gasteiger charge is -2.40. The summed E-state index contributed by atoms with van der Waals surface area (Å²) in [6.07, 6.45) is 0. The summed E-state index contributed by atoms with van der Waals surface area (Å²) in [5.74, 6) is 1.12. The van der Waals surface area contributed by atoms with Gasteiger partial charge >= 0.3 is 0 Å². The zero-order chi connectivity index (χ0) is 21.9. The summed E-state index contributed by atoms with van der Waals surface area (Å²) in [5, 5.41) is 10.1. The predicted molar refractivity (Wildman–Crippen MR) is 125 cm³/mol. The van der Waals surface area contributed by atoms with Crippen molar-refractivity contribution in [3.8, 4) is 11.5 Å². The molecule has 6 nitrogen and oxygen atoms in total. The Labute approximate surface area is 188 Å². The minimum atomic E-state index is -0.152. The van der Waals surface area contributed by atoms with Gasteiger partial charge in [-0.1, -0.05) is 54.6 Å². The Hall–Kier alpha value is -3.51. The molecule has 0 saturated carbocycles. The highest BCUT2D eigenvalue weighted by molar-refractivity contribution is 5.97. The third kappa shape index (κ3) is 4.01. The van der Waals surface area contributed by atoms with Crippen molar-refractivity contribution in [1.82, 2.24) is 4.90 Å². The summed E-state index contributed by atoms with van der Waals surface area (Å²) in [4.78, 5) is 19.9. The Bertz CT molecular complexity index is 1080. The van der Waals surface area contributed by atoms with E-state index in [9.17, 15) is 9.90 Å². The number of carbonyl (C=O) groups is 1. The molecule has 5 rings (SSSR count). The van der Waals surface area contributed by atoms with Crippen LogP contribution in [0.4, 0.5) is 11.4 Å². The maximum Gasteiger partial charge on any atom is 0.241 e. The van der Waals surface area contributed by atoms with Gasteiger partial charge in [-0.15, -0.1) is 0 Å². The molecule has 0 spiro atoms. The molecule has 2 heterocycles. The summed E-state index contributed by atoms with van der Waals surface area (Å²) in [7, 11) is 0. The van der Waals surface area contributed by atoms with Gasteiger partial charge in [0, 0.05) is 26.2 Å². The normalized spacial score (nSPS) is 18.7. The molecule has 0 unspecified atom stereocenters. The molecule has 1 fully saturated rings. The number of piperazine rings is 1. The van der Waals surface area contributed by atoms with E-state index in [-0.39, 0.29) is 11.9 Å². The van der Waals surface area contributed by atoms with E-state index in [2.05, 4.69) is 9.80 Å². The number of hydrogen-bond acceptors (Lipinski definition) is 5. The maximum absolute atomic E-state index is 13.6. The third-order valence-electron chi connectivity index (χ3n) is 6.24. The molecule has 1 atom stereocenters. The number of benzene rings is 3. The quantitative estimate of drug-likeness (QED) is 0.686. The Morgan fingerprint density at radius 1 is 0.844 bits per heavy atom. The van der Waals surface area contributed by atoms with Crippen LogP contribution in [0.5, 0.6) is 11.5 Å². The lowest BCUT2D eigenvalue weighted by atomic mass is 10.0. The van der Waals surface area contributed by atoms with Gasteiger partial charge in [-0.05, 0) is 29.8 Å². The number of fused-ring (bicyclic) bond motifs is 1. The molecule has 2 aliphatic heterocycles. The summed E-state index contributed by atoms with van der Waals surface area (Å²) >= 11 is 0. The van der Waals surface area contributed by atoms with E-state index in [1.165, 1.54) is 0 Å². The molecule has 1 saturated heterocycles. The number of hydrogen-bond donors (Lipinski definition) is 1. The van der Waals surface area contributed by atoms with Crippen LogP contribution in [0.1, 0.15) is 11.6 Å². The molecule has 1 amide bonds. The molecular weight excluding hydrogens is 402 g/mol. The van der Waals surface area contributed by atoms with Crippen LogP contribution in [0.25, 0.3) is 0 Å². The van der Waals surface area contributed by atoms with Gasteiger partial charge < -0.3 is 14.7 Å². The van der Waals surface area contributed by atoms with Crippen molar-refractivity contribution in [2.75, 3.05) is 49.1 Å². The molecule has 1 N–H and O–H groups in total. The van der Waals surface area contributed by atoms with Crippen LogP contribution in [0.15, 0.2) is 78.9 Å². The minimum absolute atomic E-state index is 0.0746. The SMILES string of the molecule is O=C(CN1CCN(c2ccccc2O)CC1)N1c2ccccc2OC[C@H]1c1ccccc1. The summed E-state index contributed by atoms with van der Waals surface area (Å²) in [6.45, 7) is 3.86. The second-order valence-electron chi connectivity index (χ2n) is 8.22. The molecular formula is C26H27N3O3. The summed E-state index contributed by atoms with van der Waals surface area (Å²) in [5.41, 5.74) is 2.75. The van der Waals surface area contributed by atoms with Crippen LogP contribution in [0, 0.1) is 0 Å². The number of phenols is 1. The third-order valence-corrected chi connectivity index (χ3v) is 6.24. The molecule has 0 aliphatic carbocycles. The molecule has 3 aromatic rings. The van der Waals surface area contributed by atoms with Gasteiger partial charge in [-0.2, -0.15) is 0 Å². The van der Waals surface area contributed by atoms with Crippen molar-refractivity contribution >= 4 is 17.3 Å². The molecule has 0 bridgehead atoms. The van der Waals surface area contributed by atoms with E-state index in [1.54, 1.807) is 6.07 Å². The van der Waals surface area contributed by atoms with Crippen LogP contribution in [-0.4, -0.2) is 55.2 Å². The van der Waals surface area contributed by atoms with E-state index >= 15 is 0 Å². The van der Waals surface area contributed by atoms with E-state index in [1.807, 2.05) is 77.7 Å². The smallest absolute Gasteiger partial charge is 0.241 e. The Kier molecular flexibility index (Phi) is 5.69. The van der Waals surface area contributed by atoms with Crippen molar-refractivity contribution in [3.05, 3.63) is 84.4 Å².